The molecule has 0 heterocycles. The lowest BCUT2D eigenvalue weighted by atomic mass is 9.88. The molecular formula is C13H19ClN2O2. The maximum atomic E-state index is 10.6. The van der Waals surface area contributed by atoms with Crippen molar-refractivity contribution in [3.05, 3.63) is 38.9 Å². The van der Waals surface area contributed by atoms with Gasteiger partial charge in [-0.05, 0) is 24.0 Å². The number of halogens is 1. The molecule has 0 aliphatic carbocycles. The van der Waals surface area contributed by atoms with Gasteiger partial charge in [0.2, 0.25) is 0 Å². The standard InChI is InChI=1S/C13H19ClN2O2/c1-9(13(2,3)4)15-8-10-5-6-11(16(17)18)7-12(10)14/h5-7,9,15H,8H2,1-4H3. The summed E-state index contributed by atoms with van der Waals surface area (Å²) in [5.74, 6) is 0. The third-order valence-electron chi connectivity index (χ3n) is 3.15. The Morgan fingerprint density at radius 3 is 2.50 bits per heavy atom. The van der Waals surface area contributed by atoms with E-state index in [9.17, 15) is 10.1 Å². The molecule has 0 aliphatic heterocycles. The Morgan fingerprint density at radius 1 is 1.44 bits per heavy atom. The summed E-state index contributed by atoms with van der Waals surface area (Å²) in [5.41, 5.74) is 1.05. The predicted molar refractivity (Wildman–Crippen MR) is 73.9 cm³/mol. The second-order valence-electron chi connectivity index (χ2n) is 5.50. The highest BCUT2D eigenvalue weighted by molar-refractivity contribution is 6.31. The number of non-ortho nitro benzene ring substituents is 1. The molecule has 1 unspecified atom stereocenters. The summed E-state index contributed by atoms with van der Waals surface area (Å²) >= 11 is 6.03. The fourth-order valence-electron chi connectivity index (χ4n) is 1.36. The van der Waals surface area contributed by atoms with Gasteiger partial charge in [0.15, 0.2) is 0 Å². The van der Waals surface area contributed by atoms with E-state index in [-0.39, 0.29) is 11.1 Å². The normalized spacial score (nSPS) is 13.4. The summed E-state index contributed by atoms with van der Waals surface area (Å²) in [6, 6.07) is 4.89. The fraction of sp³-hybridized carbons (Fsp3) is 0.538. The molecule has 5 heteroatoms. The van der Waals surface area contributed by atoms with Crippen LogP contribution in [0.1, 0.15) is 33.3 Å². The summed E-state index contributed by atoms with van der Waals surface area (Å²) < 4.78 is 0. The van der Waals surface area contributed by atoms with E-state index >= 15 is 0 Å². The first kappa shape index (κ1) is 14.9. The third kappa shape index (κ3) is 3.96. The minimum absolute atomic E-state index is 0.0209. The van der Waals surface area contributed by atoms with Gasteiger partial charge in [-0.25, -0.2) is 0 Å². The molecule has 0 bridgehead atoms. The van der Waals surface area contributed by atoms with Crippen molar-refractivity contribution in [3.63, 3.8) is 0 Å². The molecule has 1 aromatic rings. The predicted octanol–water partition coefficient (Wildman–Crippen LogP) is 3.77. The number of nitrogens with one attached hydrogen (secondary N) is 1. The lowest BCUT2D eigenvalue weighted by molar-refractivity contribution is -0.384. The molecule has 0 aliphatic rings. The summed E-state index contributed by atoms with van der Waals surface area (Å²) in [6.45, 7) is 9.18. The van der Waals surface area contributed by atoms with Crippen molar-refractivity contribution in [1.82, 2.24) is 5.32 Å². The van der Waals surface area contributed by atoms with E-state index in [0.717, 1.165) is 5.56 Å². The number of nitro benzene ring substituents is 1. The topological polar surface area (TPSA) is 55.2 Å². The fourth-order valence-corrected chi connectivity index (χ4v) is 1.60. The van der Waals surface area contributed by atoms with Crippen molar-refractivity contribution in [2.75, 3.05) is 0 Å². The summed E-state index contributed by atoms with van der Waals surface area (Å²) in [5, 5.41) is 14.4. The monoisotopic (exact) mass is 270 g/mol. The van der Waals surface area contributed by atoms with Crippen molar-refractivity contribution >= 4 is 17.3 Å². The zero-order chi connectivity index (χ0) is 13.9. The van der Waals surface area contributed by atoms with Crippen LogP contribution in [-0.2, 0) is 6.54 Å². The van der Waals surface area contributed by atoms with Crippen LogP contribution in [0, 0.1) is 15.5 Å². The highest BCUT2D eigenvalue weighted by Crippen LogP contribution is 2.24. The van der Waals surface area contributed by atoms with Crippen LogP contribution in [-0.4, -0.2) is 11.0 Å². The number of nitrogens with zero attached hydrogens (tertiary/aromatic N) is 1. The van der Waals surface area contributed by atoms with E-state index in [4.69, 9.17) is 11.6 Å². The molecule has 4 nitrogen and oxygen atoms in total. The second kappa shape index (κ2) is 5.67. The summed E-state index contributed by atoms with van der Waals surface area (Å²) in [6.07, 6.45) is 0. The van der Waals surface area contributed by atoms with Crippen LogP contribution in [0.2, 0.25) is 5.02 Å². The number of hydrogen-bond acceptors (Lipinski definition) is 3. The quantitative estimate of drug-likeness (QED) is 0.669. The molecule has 1 rings (SSSR count). The van der Waals surface area contributed by atoms with Crippen LogP contribution in [0.5, 0.6) is 0 Å². The van der Waals surface area contributed by atoms with Gasteiger partial charge < -0.3 is 5.32 Å². The van der Waals surface area contributed by atoms with E-state index in [0.29, 0.717) is 17.6 Å². The number of rotatable bonds is 4. The smallest absolute Gasteiger partial charge is 0.270 e. The van der Waals surface area contributed by atoms with Crippen LogP contribution >= 0.6 is 11.6 Å². The van der Waals surface area contributed by atoms with Gasteiger partial charge in [-0.15, -0.1) is 0 Å². The highest BCUT2D eigenvalue weighted by atomic mass is 35.5. The Hall–Kier alpha value is -1.13. The zero-order valence-electron chi connectivity index (χ0n) is 11.2. The van der Waals surface area contributed by atoms with Crippen molar-refractivity contribution < 1.29 is 4.92 Å². The Morgan fingerprint density at radius 2 is 2.06 bits per heavy atom. The van der Waals surface area contributed by atoms with Crippen LogP contribution < -0.4 is 5.32 Å². The van der Waals surface area contributed by atoms with E-state index in [2.05, 4.69) is 33.0 Å². The largest absolute Gasteiger partial charge is 0.310 e. The molecule has 0 saturated carbocycles. The second-order valence-corrected chi connectivity index (χ2v) is 5.91. The van der Waals surface area contributed by atoms with E-state index < -0.39 is 4.92 Å². The molecule has 0 spiro atoms. The van der Waals surface area contributed by atoms with Gasteiger partial charge in [0.1, 0.15) is 0 Å². The van der Waals surface area contributed by atoms with Gasteiger partial charge in [-0.1, -0.05) is 32.4 Å². The highest BCUT2D eigenvalue weighted by Gasteiger charge is 2.19. The van der Waals surface area contributed by atoms with Crippen molar-refractivity contribution in [2.45, 2.75) is 40.3 Å². The summed E-state index contributed by atoms with van der Waals surface area (Å²) in [4.78, 5) is 10.1. The molecule has 0 aromatic heterocycles. The Kier molecular flexibility index (Phi) is 4.71. The first-order chi connectivity index (χ1) is 8.21. The SMILES string of the molecule is CC(NCc1ccc([N+](=O)[O-])cc1Cl)C(C)(C)C. The lowest BCUT2D eigenvalue weighted by Gasteiger charge is -2.28. The minimum Gasteiger partial charge on any atom is -0.310 e. The molecule has 0 radical (unpaired) electrons. The average molecular weight is 271 g/mol. The molecule has 1 atom stereocenters. The Labute approximate surface area is 112 Å². The van der Waals surface area contributed by atoms with E-state index in [1.807, 2.05) is 0 Å². The summed E-state index contributed by atoms with van der Waals surface area (Å²) in [7, 11) is 0. The average Bonchev–Trinajstić information content (AvgIpc) is 2.25. The van der Waals surface area contributed by atoms with E-state index in [1.165, 1.54) is 12.1 Å². The van der Waals surface area contributed by atoms with Gasteiger partial charge >= 0.3 is 0 Å². The molecular weight excluding hydrogens is 252 g/mol. The van der Waals surface area contributed by atoms with E-state index in [1.54, 1.807) is 6.07 Å². The number of benzene rings is 1. The maximum absolute atomic E-state index is 10.6. The first-order valence-electron chi connectivity index (χ1n) is 5.88. The third-order valence-corrected chi connectivity index (χ3v) is 3.50. The van der Waals surface area contributed by atoms with Crippen molar-refractivity contribution in [1.29, 1.82) is 0 Å². The van der Waals surface area contributed by atoms with Crippen LogP contribution in [0.4, 0.5) is 5.69 Å². The molecule has 0 saturated heterocycles. The lowest BCUT2D eigenvalue weighted by Crippen LogP contribution is -2.37. The van der Waals surface area contributed by atoms with Crippen LogP contribution in [0.25, 0.3) is 0 Å². The maximum Gasteiger partial charge on any atom is 0.270 e. The molecule has 100 valence electrons. The molecule has 0 fully saturated rings. The molecule has 1 aromatic carbocycles. The zero-order valence-corrected chi connectivity index (χ0v) is 11.9. The Bertz CT molecular complexity index is 441. The van der Waals surface area contributed by atoms with Crippen molar-refractivity contribution in [2.24, 2.45) is 5.41 Å². The first-order valence-corrected chi connectivity index (χ1v) is 6.26. The molecule has 0 amide bonds. The molecule has 1 N–H and O–H groups in total. The molecule has 18 heavy (non-hydrogen) atoms. The minimum atomic E-state index is -0.444. The van der Waals surface area contributed by atoms with Crippen LogP contribution in [0.3, 0.4) is 0 Å². The Balaban J connectivity index is 2.72. The van der Waals surface area contributed by atoms with Gasteiger partial charge in [0, 0.05) is 24.7 Å². The van der Waals surface area contributed by atoms with Crippen molar-refractivity contribution in [3.8, 4) is 0 Å². The van der Waals surface area contributed by atoms with Gasteiger partial charge in [-0.2, -0.15) is 0 Å². The van der Waals surface area contributed by atoms with Gasteiger partial charge in [0.25, 0.3) is 5.69 Å². The van der Waals surface area contributed by atoms with Gasteiger partial charge in [0.05, 0.1) is 9.95 Å². The number of hydrogen-bond donors (Lipinski definition) is 1. The number of nitro groups is 1. The van der Waals surface area contributed by atoms with Gasteiger partial charge in [-0.3, -0.25) is 10.1 Å². The van der Waals surface area contributed by atoms with Crippen LogP contribution in [0.15, 0.2) is 18.2 Å².